The fourth-order valence-electron chi connectivity index (χ4n) is 3.42. The molecule has 0 saturated carbocycles. The van der Waals surface area contributed by atoms with Crippen LogP contribution in [-0.2, 0) is 9.59 Å². The zero-order valence-electron chi connectivity index (χ0n) is 15.8. The van der Waals surface area contributed by atoms with Crippen molar-refractivity contribution in [1.82, 2.24) is 9.78 Å². The molecule has 1 aliphatic heterocycles. The van der Waals surface area contributed by atoms with Gasteiger partial charge in [-0.15, -0.1) is 0 Å². The molecule has 6 nitrogen and oxygen atoms in total. The highest BCUT2D eigenvalue weighted by molar-refractivity contribution is 6.36. The van der Waals surface area contributed by atoms with E-state index in [1.165, 1.54) is 0 Å². The summed E-state index contributed by atoms with van der Waals surface area (Å²) in [5, 5.41) is 10.9. The first kappa shape index (κ1) is 19.5. The number of hydrogen-bond acceptors (Lipinski definition) is 3. The zero-order valence-corrected chi connectivity index (χ0v) is 17.3. The molecular formula is C21H18Cl2N4O2. The third-order valence-corrected chi connectivity index (χ3v) is 5.40. The number of benzene rings is 2. The summed E-state index contributed by atoms with van der Waals surface area (Å²) in [6, 6.07) is 12.1. The van der Waals surface area contributed by atoms with Crippen LogP contribution in [0.2, 0.25) is 10.0 Å². The molecule has 2 heterocycles. The summed E-state index contributed by atoms with van der Waals surface area (Å²) < 4.78 is 1.59. The lowest BCUT2D eigenvalue weighted by molar-refractivity contribution is -0.123. The van der Waals surface area contributed by atoms with Gasteiger partial charge in [0, 0.05) is 10.6 Å². The predicted molar refractivity (Wildman–Crippen MR) is 115 cm³/mol. The second kappa shape index (κ2) is 7.54. The third-order valence-electron chi connectivity index (χ3n) is 4.85. The number of nitrogens with zero attached hydrogens (tertiary/aromatic N) is 2. The first-order chi connectivity index (χ1) is 13.8. The maximum absolute atomic E-state index is 12.5. The summed E-state index contributed by atoms with van der Waals surface area (Å²) in [7, 11) is 0. The van der Waals surface area contributed by atoms with Crippen molar-refractivity contribution < 1.29 is 9.59 Å². The van der Waals surface area contributed by atoms with Crippen LogP contribution in [0.4, 0.5) is 11.5 Å². The number of fused-ring (bicyclic) bond motifs is 1. The van der Waals surface area contributed by atoms with Gasteiger partial charge < -0.3 is 10.6 Å². The average Bonchev–Trinajstić information content (AvgIpc) is 3.13. The molecule has 0 spiro atoms. The monoisotopic (exact) mass is 428 g/mol. The molecule has 4 rings (SSSR count). The van der Waals surface area contributed by atoms with Gasteiger partial charge in [-0.3, -0.25) is 9.59 Å². The van der Waals surface area contributed by atoms with Crippen LogP contribution in [0.3, 0.4) is 0 Å². The van der Waals surface area contributed by atoms with Gasteiger partial charge in [-0.25, -0.2) is 4.68 Å². The van der Waals surface area contributed by atoms with Crippen molar-refractivity contribution in [3.8, 4) is 11.1 Å². The van der Waals surface area contributed by atoms with E-state index in [9.17, 15) is 9.59 Å². The number of carbonyl (C=O) groups is 2. The summed E-state index contributed by atoms with van der Waals surface area (Å²) in [5.74, 6) is 0.00385. The lowest BCUT2D eigenvalue weighted by atomic mass is 10.0. The summed E-state index contributed by atoms with van der Waals surface area (Å²) >= 11 is 12.0. The van der Waals surface area contributed by atoms with Gasteiger partial charge in [0.2, 0.25) is 5.91 Å². The highest BCUT2D eigenvalue weighted by Gasteiger charge is 2.36. The number of aryl methyl sites for hydroxylation is 2. The Labute approximate surface area is 177 Å². The highest BCUT2D eigenvalue weighted by atomic mass is 35.5. The number of halogens is 2. The van der Waals surface area contributed by atoms with Crippen LogP contribution in [0.25, 0.3) is 11.1 Å². The Morgan fingerprint density at radius 1 is 1.17 bits per heavy atom. The van der Waals surface area contributed by atoms with E-state index in [1.54, 1.807) is 22.9 Å². The van der Waals surface area contributed by atoms with Crippen molar-refractivity contribution in [2.24, 2.45) is 0 Å². The Balaban J connectivity index is 1.58. The van der Waals surface area contributed by atoms with E-state index in [1.807, 2.05) is 38.1 Å². The first-order valence-corrected chi connectivity index (χ1v) is 9.81. The summed E-state index contributed by atoms with van der Waals surface area (Å²) in [5.41, 5.74) is 4.20. The topological polar surface area (TPSA) is 76.0 Å². The van der Waals surface area contributed by atoms with E-state index in [4.69, 9.17) is 23.2 Å². The number of amides is 2. The summed E-state index contributed by atoms with van der Waals surface area (Å²) in [6.45, 7) is 3.90. The smallest absolute Gasteiger partial charge is 0.251 e. The Bertz CT molecular complexity index is 1120. The zero-order chi connectivity index (χ0) is 20.7. The minimum atomic E-state index is -0.728. The molecule has 2 amide bonds. The largest absolute Gasteiger partial charge is 0.325 e. The molecule has 29 heavy (non-hydrogen) atoms. The Morgan fingerprint density at radius 2 is 1.90 bits per heavy atom. The average molecular weight is 429 g/mol. The van der Waals surface area contributed by atoms with Gasteiger partial charge in [0.1, 0.15) is 11.9 Å². The van der Waals surface area contributed by atoms with E-state index in [0.29, 0.717) is 21.6 Å². The van der Waals surface area contributed by atoms with Crippen molar-refractivity contribution in [3.63, 3.8) is 0 Å². The first-order valence-electron chi connectivity index (χ1n) is 9.05. The van der Waals surface area contributed by atoms with Gasteiger partial charge in [-0.1, -0.05) is 53.0 Å². The second-order valence-corrected chi connectivity index (χ2v) is 7.84. The SMILES string of the molecule is Cc1ccc(-c2c(C)nn3c2NC(=O)C3CC(=O)Nc2ccc(Cl)cc2Cl)cc1. The minimum absolute atomic E-state index is 0.0632. The molecule has 0 aliphatic carbocycles. The van der Waals surface area contributed by atoms with E-state index < -0.39 is 6.04 Å². The summed E-state index contributed by atoms with van der Waals surface area (Å²) in [4.78, 5) is 25.1. The molecule has 1 unspecified atom stereocenters. The van der Waals surface area contributed by atoms with Gasteiger partial charge in [-0.05, 0) is 37.6 Å². The van der Waals surface area contributed by atoms with Gasteiger partial charge in [-0.2, -0.15) is 5.10 Å². The Kier molecular flexibility index (Phi) is 5.06. The number of carbonyl (C=O) groups excluding carboxylic acids is 2. The molecule has 1 atom stereocenters. The second-order valence-electron chi connectivity index (χ2n) is 7.00. The fraction of sp³-hybridized carbons (Fsp3) is 0.190. The van der Waals surface area contributed by atoms with Crippen molar-refractivity contribution >= 4 is 46.5 Å². The van der Waals surface area contributed by atoms with Gasteiger partial charge >= 0.3 is 0 Å². The Morgan fingerprint density at radius 3 is 2.59 bits per heavy atom. The third kappa shape index (κ3) is 3.73. The standard InChI is InChI=1S/C21H18Cl2N4O2/c1-11-3-5-13(6-4-11)19-12(2)26-27-17(21(29)25-20(19)27)10-18(28)24-16-8-7-14(22)9-15(16)23/h3-9,17H,10H2,1-2H3,(H,24,28)(H,25,29). The van der Waals surface area contributed by atoms with Crippen LogP contribution in [0.15, 0.2) is 42.5 Å². The molecule has 8 heteroatoms. The molecule has 3 aromatic rings. The highest BCUT2D eigenvalue weighted by Crippen LogP contribution is 2.38. The molecule has 0 bridgehead atoms. The van der Waals surface area contributed by atoms with Crippen molar-refractivity contribution in [2.45, 2.75) is 26.3 Å². The van der Waals surface area contributed by atoms with E-state index in [0.717, 1.165) is 22.4 Å². The van der Waals surface area contributed by atoms with Crippen LogP contribution in [0, 0.1) is 13.8 Å². The van der Waals surface area contributed by atoms with E-state index in [2.05, 4.69) is 15.7 Å². The molecule has 2 aromatic carbocycles. The molecule has 0 fully saturated rings. The number of anilines is 2. The van der Waals surface area contributed by atoms with Crippen LogP contribution in [0.1, 0.15) is 23.7 Å². The van der Waals surface area contributed by atoms with Crippen LogP contribution in [0.5, 0.6) is 0 Å². The lowest BCUT2D eigenvalue weighted by Gasteiger charge is -2.11. The molecule has 1 aliphatic rings. The van der Waals surface area contributed by atoms with E-state index >= 15 is 0 Å². The number of aromatic nitrogens is 2. The minimum Gasteiger partial charge on any atom is -0.325 e. The quantitative estimate of drug-likeness (QED) is 0.613. The number of nitrogens with one attached hydrogen (secondary N) is 2. The molecular weight excluding hydrogens is 411 g/mol. The van der Waals surface area contributed by atoms with Crippen LogP contribution >= 0.6 is 23.2 Å². The lowest BCUT2D eigenvalue weighted by Crippen LogP contribution is -2.23. The molecule has 0 saturated heterocycles. The number of hydrogen-bond donors (Lipinski definition) is 2. The maximum Gasteiger partial charge on any atom is 0.251 e. The van der Waals surface area contributed by atoms with Crippen molar-refractivity contribution in [3.05, 3.63) is 63.8 Å². The summed E-state index contributed by atoms with van der Waals surface area (Å²) in [6.07, 6.45) is -0.0632. The van der Waals surface area contributed by atoms with E-state index in [-0.39, 0.29) is 18.2 Å². The predicted octanol–water partition coefficient (Wildman–Crippen LogP) is 5.00. The van der Waals surface area contributed by atoms with Crippen LogP contribution in [-0.4, -0.2) is 21.6 Å². The fourth-order valence-corrected chi connectivity index (χ4v) is 3.87. The van der Waals surface area contributed by atoms with Crippen LogP contribution < -0.4 is 10.6 Å². The van der Waals surface area contributed by atoms with Crippen molar-refractivity contribution in [1.29, 1.82) is 0 Å². The maximum atomic E-state index is 12.5. The normalized spacial score (nSPS) is 15.2. The molecule has 1 aromatic heterocycles. The molecule has 0 radical (unpaired) electrons. The Hall–Kier alpha value is -2.83. The number of rotatable bonds is 4. The molecule has 2 N–H and O–H groups in total. The van der Waals surface area contributed by atoms with Crippen molar-refractivity contribution in [2.75, 3.05) is 10.6 Å². The van der Waals surface area contributed by atoms with Gasteiger partial charge in [0.15, 0.2) is 0 Å². The molecule has 148 valence electrons. The van der Waals surface area contributed by atoms with Gasteiger partial charge in [0.25, 0.3) is 5.91 Å². The van der Waals surface area contributed by atoms with Gasteiger partial charge in [0.05, 0.1) is 22.8 Å².